The third-order valence-electron chi connectivity index (χ3n) is 4.87. The fraction of sp³-hybridized carbons (Fsp3) is 0.750. The lowest BCUT2D eigenvalue weighted by molar-refractivity contribution is 0.0691. The Labute approximate surface area is 130 Å². The second-order valence-electron chi connectivity index (χ2n) is 6.30. The van der Waals surface area contributed by atoms with E-state index in [9.17, 15) is 4.79 Å². The predicted molar refractivity (Wildman–Crippen MR) is 85.9 cm³/mol. The molecule has 1 saturated heterocycles. The molecular weight excluding hydrogens is 282 g/mol. The molecule has 0 spiro atoms. The Balaban J connectivity index is 1.65. The Kier molecular flexibility index (Phi) is 4.91. The predicted octanol–water partition coefficient (Wildman–Crippen LogP) is 3.01. The summed E-state index contributed by atoms with van der Waals surface area (Å²) in [5, 5.41) is 6.48. The molecule has 0 bridgehead atoms. The Morgan fingerprint density at radius 2 is 1.95 bits per heavy atom. The first-order valence-electron chi connectivity index (χ1n) is 8.19. The molecule has 5 heteroatoms. The van der Waals surface area contributed by atoms with Gasteiger partial charge in [-0.25, -0.2) is 4.98 Å². The lowest BCUT2D eigenvalue weighted by Gasteiger charge is -2.30. The van der Waals surface area contributed by atoms with Gasteiger partial charge in [-0.3, -0.25) is 4.79 Å². The Morgan fingerprint density at radius 3 is 2.67 bits per heavy atom. The second-order valence-corrected chi connectivity index (χ2v) is 7.19. The van der Waals surface area contributed by atoms with Crippen LogP contribution in [0.1, 0.15) is 66.4 Å². The van der Waals surface area contributed by atoms with Gasteiger partial charge in [-0.1, -0.05) is 19.3 Å². The molecule has 116 valence electrons. The Morgan fingerprint density at radius 1 is 1.24 bits per heavy atom. The molecule has 2 heterocycles. The molecule has 2 fully saturated rings. The Bertz CT molecular complexity index is 476. The maximum Gasteiger partial charge on any atom is 0.273 e. The van der Waals surface area contributed by atoms with Crippen molar-refractivity contribution in [3.8, 4) is 0 Å². The van der Waals surface area contributed by atoms with Crippen molar-refractivity contribution >= 4 is 17.2 Å². The molecule has 1 N–H and O–H groups in total. The van der Waals surface area contributed by atoms with Crippen LogP contribution in [0.15, 0.2) is 5.38 Å². The first kappa shape index (κ1) is 15.0. The van der Waals surface area contributed by atoms with Crippen molar-refractivity contribution in [3.63, 3.8) is 0 Å². The normalized spacial score (nSPS) is 21.4. The van der Waals surface area contributed by atoms with Crippen molar-refractivity contribution in [1.29, 1.82) is 0 Å². The van der Waals surface area contributed by atoms with Crippen molar-refractivity contribution in [2.75, 3.05) is 20.1 Å². The third kappa shape index (κ3) is 3.46. The van der Waals surface area contributed by atoms with Gasteiger partial charge in [0.25, 0.3) is 5.91 Å². The van der Waals surface area contributed by atoms with Gasteiger partial charge in [0.15, 0.2) is 0 Å². The molecule has 1 aliphatic heterocycles. The van der Waals surface area contributed by atoms with E-state index in [1.807, 2.05) is 17.3 Å². The van der Waals surface area contributed by atoms with E-state index in [2.05, 4.69) is 10.3 Å². The summed E-state index contributed by atoms with van der Waals surface area (Å²) in [5.74, 6) is 0.649. The van der Waals surface area contributed by atoms with Crippen LogP contribution in [-0.2, 0) is 0 Å². The lowest BCUT2D eigenvalue weighted by Crippen LogP contribution is -2.38. The zero-order valence-corrected chi connectivity index (χ0v) is 13.6. The second kappa shape index (κ2) is 6.88. The number of hydrogen-bond donors (Lipinski definition) is 1. The highest BCUT2D eigenvalue weighted by Gasteiger charge is 2.26. The van der Waals surface area contributed by atoms with Crippen LogP contribution in [0.25, 0.3) is 0 Å². The number of amides is 1. The largest absolute Gasteiger partial charge is 0.337 e. The number of carbonyl (C=O) groups excluding carboxylic acids is 1. The van der Waals surface area contributed by atoms with Gasteiger partial charge in [0.1, 0.15) is 5.69 Å². The molecule has 4 nitrogen and oxygen atoms in total. The fourth-order valence-electron chi connectivity index (χ4n) is 3.46. The van der Waals surface area contributed by atoms with Crippen LogP contribution in [0, 0.1) is 0 Å². The van der Waals surface area contributed by atoms with E-state index >= 15 is 0 Å². The number of carbonyl (C=O) groups is 1. The van der Waals surface area contributed by atoms with Crippen LogP contribution in [-0.4, -0.2) is 42.0 Å². The smallest absolute Gasteiger partial charge is 0.273 e. The van der Waals surface area contributed by atoms with E-state index < -0.39 is 0 Å². The number of nitrogens with one attached hydrogen (secondary N) is 1. The van der Waals surface area contributed by atoms with Crippen LogP contribution in [0.3, 0.4) is 0 Å². The highest BCUT2D eigenvalue weighted by atomic mass is 32.1. The molecule has 1 saturated carbocycles. The standard InChI is InChI=1S/C16H25N3OS/c1-19(13-5-3-2-4-6-13)16(20)14-11-21-15(18-14)12-7-9-17-10-8-12/h11-13,17H,2-10H2,1H3. The molecule has 0 atom stereocenters. The van der Waals surface area contributed by atoms with E-state index in [-0.39, 0.29) is 5.91 Å². The van der Waals surface area contributed by atoms with Crippen LogP contribution in [0.4, 0.5) is 0 Å². The van der Waals surface area contributed by atoms with Gasteiger partial charge in [-0.05, 0) is 38.8 Å². The first-order chi connectivity index (χ1) is 10.3. The van der Waals surface area contributed by atoms with Crippen LogP contribution in [0.2, 0.25) is 0 Å². The summed E-state index contributed by atoms with van der Waals surface area (Å²) in [4.78, 5) is 19.2. The van der Waals surface area contributed by atoms with E-state index in [0.29, 0.717) is 17.7 Å². The minimum absolute atomic E-state index is 0.110. The van der Waals surface area contributed by atoms with Gasteiger partial charge in [0.2, 0.25) is 0 Å². The van der Waals surface area contributed by atoms with Gasteiger partial charge in [-0.15, -0.1) is 11.3 Å². The molecule has 2 aliphatic rings. The van der Waals surface area contributed by atoms with Gasteiger partial charge in [0.05, 0.1) is 5.01 Å². The molecule has 1 aliphatic carbocycles. The van der Waals surface area contributed by atoms with Crippen molar-refractivity contribution in [2.45, 2.75) is 56.9 Å². The summed E-state index contributed by atoms with van der Waals surface area (Å²) >= 11 is 1.66. The average Bonchev–Trinajstić information content (AvgIpc) is 3.05. The van der Waals surface area contributed by atoms with Gasteiger partial charge < -0.3 is 10.2 Å². The van der Waals surface area contributed by atoms with E-state index in [4.69, 9.17) is 0 Å². The quantitative estimate of drug-likeness (QED) is 0.933. The van der Waals surface area contributed by atoms with E-state index in [0.717, 1.165) is 43.8 Å². The van der Waals surface area contributed by atoms with Crippen LogP contribution < -0.4 is 5.32 Å². The van der Waals surface area contributed by atoms with E-state index in [1.165, 1.54) is 19.3 Å². The molecule has 0 unspecified atom stereocenters. The van der Waals surface area contributed by atoms with E-state index in [1.54, 1.807) is 11.3 Å². The summed E-state index contributed by atoms with van der Waals surface area (Å²) in [6.07, 6.45) is 8.38. The Hall–Kier alpha value is -0.940. The van der Waals surface area contributed by atoms with Crippen LogP contribution in [0.5, 0.6) is 0 Å². The van der Waals surface area contributed by atoms with Gasteiger partial charge >= 0.3 is 0 Å². The zero-order chi connectivity index (χ0) is 14.7. The molecule has 1 aromatic heterocycles. The number of thiazole rings is 1. The summed E-state index contributed by atoms with van der Waals surface area (Å²) in [6.45, 7) is 2.13. The minimum Gasteiger partial charge on any atom is -0.337 e. The number of rotatable bonds is 3. The van der Waals surface area contributed by atoms with Crippen molar-refractivity contribution in [1.82, 2.24) is 15.2 Å². The molecule has 1 aromatic rings. The number of aromatic nitrogens is 1. The zero-order valence-electron chi connectivity index (χ0n) is 12.8. The molecule has 3 rings (SSSR count). The minimum atomic E-state index is 0.110. The summed E-state index contributed by atoms with van der Waals surface area (Å²) in [7, 11) is 1.95. The highest BCUT2D eigenvalue weighted by molar-refractivity contribution is 7.09. The molecule has 1 amide bonds. The summed E-state index contributed by atoms with van der Waals surface area (Å²) < 4.78 is 0. The monoisotopic (exact) mass is 307 g/mol. The van der Waals surface area contributed by atoms with Crippen molar-refractivity contribution < 1.29 is 4.79 Å². The van der Waals surface area contributed by atoms with Crippen LogP contribution >= 0.6 is 11.3 Å². The average molecular weight is 307 g/mol. The topological polar surface area (TPSA) is 45.2 Å². The summed E-state index contributed by atoms with van der Waals surface area (Å²) in [5.41, 5.74) is 0.654. The number of hydrogen-bond acceptors (Lipinski definition) is 4. The first-order valence-corrected chi connectivity index (χ1v) is 9.07. The maximum atomic E-state index is 12.6. The number of piperidine rings is 1. The highest BCUT2D eigenvalue weighted by Crippen LogP contribution is 2.29. The third-order valence-corrected chi connectivity index (χ3v) is 5.88. The molecule has 0 aromatic carbocycles. The lowest BCUT2D eigenvalue weighted by atomic mass is 9.94. The van der Waals surface area contributed by atoms with Crippen molar-refractivity contribution in [3.05, 3.63) is 16.1 Å². The maximum absolute atomic E-state index is 12.6. The molecule has 21 heavy (non-hydrogen) atoms. The number of nitrogens with zero attached hydrogens (tertiary/aromatic N) is 2. The summed E-state index contributed by atoms with van der Waals surface area (Å²) in [6, 6.07) is 0.412. The van der Waals surface area contributed by atoms with Crippen molar-refractivity contribution in [2.24, 2.45) is 0 Å². The SMILES string of the molecule is CN(C(=O)c1csc(C2CCNCC2)n1)C1CCCCC1. The van der Waals surface area contributed by atoms with Gasteiger partial charge in [-0.2, -0.15) is 0 Å². The fourth-order valence-corrected chi connectivity index (χ4v) is 4.42. The van der Waals surface area contributed by atoms with Gasteiger partial charge in [0, 0.05) is 24.4 Å². The molecule has 0 radical (unpaired) electrons. The molecular formula is C16H25N3OS.